The first-order valence-corrected chi connectivity index (χ1v) is 7.89. The molecule has 1 fully saturated rings. The van der Waals surface area contributed by atoms with E-state index in [1.165, 1.54) is 12.8 Å². The van der Waals surface area contributed by atoms with E-state index in [1.54, 1.807) is 0 Å². The molecule has 2 rings (SSSR count). The Morgan fingerprint density at radius 3 is 2.40 bits per heavy atom. The van der Waals surface area contributed by atoms with E-state index in [0.29, 0.717) is 6.54 Å². The van der Waals surface area contributed by atoms with Crippen molar-refractivity contribution in [1.82, 2.24) is 4.98 Å². The third-order valence-electron chi connectivity index (χ3n) is 3.94. The van der Waals surface area contributed by atoms with Crippen LogP contribution < -0.4 is 10.6 Å². The number of nitrogens with zero attached hydrogens (tertiary/aromatic N) is 1. The highest BCUT2D eigenvalue weighted by molar-refractivity contribution is 5.45. The third kappa shape index (κ3) is 4.67. The quantitative estimate of drug-likeness (QED) is 0.698. The maximum Gasteiger partial charge on any atom is 0.128 e. The molecule has 0 aromatic carbocycles. The number of aliphatic hydroxyl groups is 1. The predicted octanol–water partition coefficient (Wildman–Crippen LogP) is 3.40. The Hall–Kier alpha value is -1.29. The maximum atomic E-state index is 10.6. The highest BCUT2D eigenvalue weighted by Gasteiger charge is 2.27. The SMILES string of the molecule is CCCNc1cccc(NCC2(O)CCCCCC2)n1. The van der Waals surface area contributed by atoms with Gasteiger partial charge in [0.05, 0.1) is 5.60 Å². The second kappa shape index (κ2) is 7.48. The Bertz CT molecular complexity index is 400. The highest BCUT2D eigenvalue weighted by Crippen LogP contribution is 2.27. The van der Waals surface area contributed by atoms with Gasteiger partial charge in [-0.15, -0.1) is 0 Å². The molecular weight excluding hydrogens is 250 g/mol. The monoisotopic (exact) mass is 277 g/mol. The van der Waals surface area contributed by atoms with Crippen LogP contribution in [-0.2, 0) is 0 Å². The van der Waals surface area contributed by atoms with Crippen LogP contribution in [0.3, 0.4) is 0 Å². The van der Waals surface area contributed by atoms with Crippen LogP contribution in [0.15, 0.2) is 18.2 Å². The van der Waals surface area contributed by atoms with Gasteiger partial charge in [-0.1, -0.05) is 38.7 Å². The van der Waals surface area contributed by atoms with Gasteiger partial charge in [-0.3, -0.25) is 0 Å². The molecule has 4 heteroatoms. The molecule has 0 unspecified atom stereocenters. The number of hydrogen-bond acceptors (Lipinski definition) is 4. The first kappa shape index (κ1) is 15.1. The van der Waals surface area contributed by atoms with Crippen molar-refractivity contribution in [2.45, 2.75) is 57.5 Å². The summed E-state index contributed by atoms with van der Waals surface area (Å²) < 4.78 is 0. The van der Waals surface area contributed by atoms with Crippen LogP contribution in [-0.4, -0.2) is 28.8 Å². The van der Waals surface area contributed by atoms with Crippen molar-refractivity contribution in [2.24, 2.45) is 0 Å². The molecule has 0 bridgehead atoms. The molecule has 1 saturated carbocycles. The Kier molecular flexibility index (Phi) is 5.65. The van der Waals surface area contributed by atoms with Crippen molar-refractivity contribution in [3.05, 3.63) is 18.2 Å². The van der Waals surface area contributed by atoms with Crippen molar-refractivity contribution in [2.75, 3.05) is 23.7 Å². The summed E-state index contributed by atoms with van der Waals surface area (Å²) in [4.78, 5) is 4.52. The van der Waals surface area contributed by atoms with Gasteiger partial charge in [0.25, 0.3) is 0 Å². The summed E-state index contributed by atoms with van der Waals surface area (Å²) in [6, 6.07) is 5.92. The van der Waals surface area contributed by atoms with Gasteiger partial charge >= 0.3 is 0 Å². The number of rotatable bonds is 6. The number of anilines is 2. The smallest absolute Gasteiger partial charge is 0.128 e. The number of nitrogens with one attached hydrogen (secondary N) is 2. The first-order valence-electron chi connectivity index (χ1n) is 7.89. The molecule has 0 atom stereocenters. The number of pyridine rings is 1. The molecular formula is C16H27N3O. The molecule has 1 heterocycles. The van der Waals surface area contributed by atoms with Crippen molar-refractivity contribution < 1.29 is 5.11 Å². The molecule has 4 nitrogen and oxygen atoms in total. The fourth-order valence-corrected chi connectivity index (χ4v) is 2.70. The van der Waals surface area contributed by atoms with E-state index in [0.717, 1.165) is 50.3 Å². The molecule has 0 radical (unpaired) electrons. The van der Waals surface area contributed by atoms with E-state index < -0.39 is 5.60 Å². The van der Waals surface area contributed by atoms with Crippen LogP contribution in [0.2, 0.25) is 0 Å². The van der Waals surface area contributed by atoms with Gasteiger partial charge in [-0.25, -0.2) is 4.98 Å². The first-order chi connectivity index (χ1) is 9.72. The summed E-state index contributed by atoms with van der Waals surface area (Å²) in [6.07, 6.45) is 7.63. The normalized spacial score (nSPS) is 18.3. The summed E-state index contributed by atoms with van der Waals surface area (Å²) in [5.74, 6) is 1.73. The average Bonchev–Trinajstić information content (AvgIpc) is 2.69. The summed E-state index contributed by atoms with van der Waals surface area (Å²) in [6.45, 7) is 3.66. The molecule has 20 heavy (non-hydrogen) atoms. The van der Waals surface area contributed by atoms with E-state index in [1.807, 2.05) is 18.2 Å². The van der Waals surface area contributed by atoms with Crippen LogP contribution in [0.5, 0.6) is 0 Å². The lowest BCUT2D eigenvalue weighted by Gasteiger charge is -2.27. The standard InChI is InChI=1S/C16H27N3O/c1-2-12-17-14-8-7-9-15(19-14)18-13-16(20)10-5-3-4-6-11-16/h7-9,20H,2-6,10-13H2,1H3,(H2,17,18,19). The minimum atomic E-state index is -0.564. The molecule has 3 N–H and O–H groups in total. The molecule has 1 aliphatic rings. The lowest BCUT2D eigenvalue weighted by atomic mass is 9.94. The lowest BCUT2D eigenvalue weighted by Crippen LogP contribution is -2.36. The van der Waals surface area contributed by atoms with Gasteiger partial charge in [-0.05, 0) is 31.4 Å². The third-order valence-corrected chi connectivity index (χ3v) is 3.94. The van der Waals surface area contributed by atoms with E-state index in [9.17, 15) is 5.11 Å². The van der Waals surface area contributed by atoms with Gasteiger partial charge in [0.2, 0.25) is 0 Å². The van der Waals surface area contributed by atoms with Crippen LogP contribution >= 0.6 is 0 Å². The zero-order valence-electron chi connectivity index (χ0n) is 12.5. The molecule has 0 amide bonds. The highest BCUT2D eigenvalue weighted by atomic mass is 16.3. The van der Waals surface area contributed by atoms with Gasteiger partial charge in [0.15, 0.2) is 0 Å². The fourth-order valence-electron chi connectivity index (χ4n) is 2.70. The van der Waals surface area contributed by atoms with Gasteiger partial charge in [-0.2, -0.15) is 0 Å². The largest absolute Gasteiger partial charge is 0.388 e. The second-order valence-corrected chi connectivity index (χ2v) is 5.83. The number of hydrogen-bond donors (Lipinski definition) is 3. The molecule has 1 aromatic rings. The fraction of sp³-hybridized carbons (Fsp3) is 0.688. The summed E-state index contributed by atoms with van der Waals surface area (Å²) in [7, 11) is 0. The van der Waals surface area contributed by atoms with Crippen molar-refractivity contribution in [3.63, 3.8) is 0 Å². The Morgan fingerprint density at radius 1 is 1.10 bits per heavy atom. The Labute approximate surface area is 122 Å². The minimum absolute atomic E-state index is 0.564. The zero-order chi connectivity index (χ0) is 14.3. The van der Waals surface area contributed by atoms with Crippen LogP contribution in [0.1, 0.15) is 51.9 Å². The zero-order valence-corrected chi connectivity index (χ0v) is 12.5. The van der Waals surface area contributed by atoms with E-state index in [-0.39, 0.29) is 0 Å². The molecule has 0 spiro atoms. The summed E-state index contributed by atoms with van der Waals surface area (Å²) >= 11 is 0. The van der Waals surface area contributed by atoms with Crippen LogP contribution in [0, 0.1) is 0 Å². The molecule has 0 aliphatic heterocycles. The Balaban J connectivity index is 1.89. The van der Waals surface area contributed by atoms with Crippen molar-refractivity contribution >= 4 is 11.6 Å². The lowest BCUT2D eigenvalue weighted by molar-refractivity contribution is 0.0380. The van der Waals surface area contributed by atoms with Crippen LogP contribution in [0.25, 0.3) is 0 Å². The molecule has 0 saturated heterocycles. The topological polar surface area (TPSA) is 57.2 Å². The second-order valence-electron chi connectivity index (χ2n) is 5.83. The summed E-state index contributed by atoms with van der Waals surface area (Å²) in [5.41, 5.74) is -0.564. The van der Waals surface area contributed by atoms with Gasteiger partial charge in [0, 0.05) is 13.1 Å². The van der Waals surface area contributed by atoms with E-state index >= 15 is 0 Å². The predicted molar refractivity (Wildman–Crippen MR) is 84.2 cm³/mol. The van der Waals surface area contributed by atoms with Crippen LogP contribution in [0.4, 0.5) is 11.6 Å². The minimum Gasteiger partial charge on any atom is -0.388 e. The molecule has 1 aliphatic carbocycles. The van der Waals surface area contributed by atoms with E-state index in [4.69, 9.17) is 0 Å². The van der Waals surface area contributed by atoms with E-state index in [2.05, 4.69) is 22.5 Å². The van der Waals surface area contributed by atoms with Gasteiger partial charge < -0.3 is 15.7 Å². The Morgan fingerprint density at radius 2 is 1.75 bits per heavy atom. The number of aromatic nitrogens is 1. The summed E-state index contributed by atoms with van der Waals surface area (Å²) in [5, 5.41) is 17.2. The molecule has 112 valence electrons. The molecule has 1 aromatic heterocycles. The van der Waals surface area contributed by atoms with Crippen molar-refractivity contribution in [3.8, 4) is 0 Å². The van der Waals surface area contributed by atoms with Gasteiger partial charge in [0.1, 0.15) is 11.6 Å². The average molecular weight is 277 g/mol. The maximum absolute atomic E-state index is 10.6. The van der Waals surface area contributed by atoms with Crippen molar-refractivity contribution in [1.29, 1.82) is 0 Å².